The lowest BCUT2D eigenvalue weighted by Crippen LogP contribution is -1.98. The van der Waals surface area contributed by atoms with Crippen LogP contribution in [0.5, 0.6) is 17.2 Å². The van der Waals surface area contributed by atoms with Crippen LogP contribution in [0.15, 0.2) is 22.7 Å². The minimum atomic E-state index is -0.270. The Hall–Kier alpha value is -0.910. The zero-order valence-electron chi connectivity index (χ0n) is 12.2. The van der Waals surface area contributed by atoms with Crippen molar-refractivity contribution in [3.05, 3.63) is 38.0 Å². The van der Waals surface area contributed by atoms with Crippen molar-refractivity contribution in [1.29, 1.82) is 0 Å². The summed E-state index contributed by atoms with van der Waals surface area (Å²) in [6.45, 7) is 2.05. The summed E-state index contributed by atoms with van der Waals surface area (Å²) in [7, 11) is 4.77. The molecule has 1 atom stereocenters. The van der Waals surface area contributed by atoms with Crippen LogP contribution in [0.25, 0.3) is 0 Å². The van der Waals surface area contributed by atoms with Gasteiger partial charge in [-0.3, -0.25) is 0 Å². The van der Waals surface area contributed by atoms with Crippen molar-refractivity contribution in [2.75, 3.05) is 21.3 Å². The summed E-state index contributed by atoms with van der Waals surface area (Å²) in [5, 5.41) is -0.270. The van der Waals surface area contributed by atoms with E-state index in [4.69, 9.17) is 25.8 Å². The number of alkyl halides is 1. The first-order chi connectivity index (χ1) is 10.0. The zero-order valence-corrected chi connectivity index (χ0v) is 15.4. The highest BCUT2D eigenvalue weighted by molar-refractivity contribution is 9.10. The molecule has 3 nitrogen and oxygen atoms in total. The van der Waals surface area contributed by atoms with E-state index in [2.05, 4.69) is 22.9 Å². The van der Waals surface area contributed by atoms with E-state index >= 15 is 0 Å². The second-order valence-corrected chi connectivity index (χ2v) is 6.95. The molecule has 0 saturated carbocycles. The molecule has 2 rings (SSSR count). The molecule has 0 aliphatic heterocycles. The molecule has 0 radical (unpaired) electrons. The Kier molecular flexibility index (Phi) is 5.41. The van der Waals surface area contributed by atoms with Crippen LogP contribution in [-0.4, -0.2) is 21.3 Å². The molecule has 0 N–H and O–H groups in total. The number of benzene rings is 1. The van der Waals surface area contributed by atoms with Crippen molar-refractivity contribution in [3.8, 4) is 17.2 Å². The molecule has 0 aliphatic carbocycles. The van der Waals surface area contributed by atoms with Gasteiger partial charge in [-0.15, -0.1) is 22.9 Å². The molecule has 21 heavy (non-hydrogen) atoms. The molecule has 1 unspecified atom stereocenters. The van der Waals surface area contributed by atoms with Gasteiger partial charge >= 0.3 is 0 Å². The van der Waals surface area contributed by atoms with E-state index in [1.807, 2.05) is 18.2 Å². The van der Waals surface area contributed by atoms with Gasteiger partial charge in [0.15, 0.2) is 11.5 Å². The van der Waals surface area contributed by atoms with Crippen molar-refractivity contribution in [1.82, 2.24) is 0 Å². The minimum absolute atomic E-state index is 0.270. The summed E-state index contributed by atoms with van der Waals surface area (Å²) in [6.07, 6.45) is 0. The molecule has 0 saturated heterocycles. The van der Waals surface area contributed by atoms with Crippen LogP contribution >= 0.6 is 38.9 Å². The van der Waals surface area contributed by atoms with Crippen molar-refractivity contribution in [2.24, 2.45) is 0 Å². The number of rotatable bonds is 5. The number of ether oxygens (including phenoxy) is 3. The first kappa shape index (κ1) is 16.5. The van der Waals surface area contributed by atoms with E-state index in [1.54, 1.807) is 32.7 Å². The quantitative estimate of drug-likeness (QED) is 0.658. The summed E-state index contributed by atoms with van der Waals surface area (Å²) in [5.41, 5.74) is 0.903. The highest BCUT2D eigenvalue weighted by Crippen LogP contribution is 2.44. The van der Waals surface area contributed by atoms with Gasteiger partial charge in [-0.05, 0) is 46.6 Å². The van der Waals surface area contributed by atoms with Crippen LogP contribution in [0, 0.1) is 6.92 Å². The molecule has 0 fully saturated rings. The van der Waals surface area contributed by atoms with Crippen LogP contribution in [0.1, 0.15) is 20.7 Å². The van der Waals surface area contributed by atoms with Crippen LogP contribution in [0.2, 0.25) is 0 Å². The van der Waals surface area contributed by atoms with Gasteiger partial charge < -0.3 is 14.2 Å². The maximum Gasteiger partial charge on any atom is 0.203 e. The van der Waals surface area contributed by atoms with Gasteiger partial charge in [0.2, 0.25) is 5.75 Å². The van der Waals surface area contributed by atoms with Gasteiger partial charge in [0.25, 0.3) is 0 Å². The molecule has 1 aromatic carbocycles. The minimum Gasteiger partial charge on any atom is -0.493 e. The van der Waals surface area contributed by atoms with Crippen LogP contribution in [0.3, 0.4) is 0 Å². The Balaban J connectivity index is 2.48. The van der Waals surface area contributed by atoms with Crippen molar-refractivity contribution in [2.45, 2.75) is 12.3 Å². The molecule has 6 heteroatoms. The number of halogens is 2. The maximum atomic E-state index is 6.61. The third kappa shape index (κ3) is 3.30. The first-order valence-electron chi connectivity index (χ1n) is 6.21. The lowest BCUT2D eigenvalue weighted by atomic mass is 10.1. The van der Waals surface area contributed by atoms with Crippen LogP contribution in [-0.2, 0) is 0 Å². The lowest BCUT2D eigenvalue weighted by molar-refractivity contribution is 0.324. The summed E-state index contributed by atoms with van der Waals surface area (Å²) in [4.78, 5) is 2.26. The first-order valence-corrected chi connectivity index (χ1v) is 8.26. The Morgan fingerprint density at radius 3 is 2.00 bits per heavy atom. The average molecular weight is 392 g/mol. The molecule has 0 amide bonds. The van der Waals surface area contributed by atoms with Gasteiger partial charge in [0, 0.05) is 14.2 Å². The molecular formula is C15H16BrClO3S. The fraction of sp³-hybridized carbons (Fsp3) is 0.333. The normalized spacial score (nSPS) is 12.1. The molecular weight excluding hydrogens is 376 g/mol. The molecule has 114 valence electrons. The monoisotopic (exact) mass is 390 g/mol. The van der Waals surface area contributed by atoms with E-state index in [9.17, 15) is 0 Å². The summed E-state index contributed by atoms with van der Waals surface area (Å²) in [5.74, 6) is 1.77. The lowest BCUT2D eigenvalue weighted by Gasteiger charge is -2.16. The van der Waals surface area contributed by atoms with Gasteiger partial charge in [-0.2, -0.15) is 0 Å². The van der Waals surface area contributed by atoms with Crippen molar-refractivity contribution >= 4 is 38.9 Å². The molecule has 0 bridgehead atoms. The molecule has 0 spiro atoms. The summed E-state index contributed by atoms with van der Waals surface area (Å²) < 4.78 is 17.1. The van der Waals surface area contributed by atoms with Crippen molar-refractivity contribution < 1.29 is 14.2 Å². The largest absolute Gasteiger partial charge is 0.493 e. The summed E-state index contributed by atoms with van der Waals surface area (Å²) >= 11 is 11.8. The predicted molar refractivity (Wildman–Crippen MR) is 90.6 cm³/mol. The Morgan fingerprint density at radius 2 is 1.62 bits per heavy atom. The van der Waals surface area contributed by atoms with E-state index in [0.717, 1.165) is 14.9 Å². The van der Waals surface area contributed by atoms with Gasteiger partial charge in [0.1, 0.15) is 0 Å². The Morgan fingerprint density at radius 1 is 1.05 bits per heavy atom. The van der Waals surface area contributed by atoms with E-state index < -0.39 is 0 Å². The number of methoxy groups -OCH3 is 3. The maximum absolute atomic E-state index is 6.61. The number of thiophene rings is 1. The van der Waals surface area contributed by atoms with Gasteiger partial charge in [-0.1, -0.05) is 0 Å². The number of aryl methyl sites for hydroxylation is 1. The Bertz CT molecular complexity index is 597. The highest BCUT2D eigenvalue weighted by Gasteiger charge is 2.20. The third-order valence-corrected chi connectivity index (χ3v) is 5.92. The predicted octanol–water partition coefficient (Wildman–Crippen LogP) is 5.17. The average Bonchev–Trinajstić information content (AvgIpc) is 2.84. The molecule has 1 heterocycles. The van der Waals surface area contributed by atoms with Crippen LogP contribution < -0.4 is 14.2 Å². The zero-order chi connectivity index (χ0) is 15.6. The fourth-order valence-corrected chi connectivity index (χ4v) is 3.91. The smallest absolute Gasteiger partial charge is 0.203 e. The van der Waals surface area contributed by atoms with E-state index in [0.29, 0.717) is 17.2 Å². The fourth-order valence-electron chi connectivity index (χ4n) is 2.02. The highest BCUT2D eigenvalue weighted by atomic mass is 79.9. The van der Waals surface area contributed by atoms with Crippen LogP contribution in [0.4, 0.5) is 0 Å². The second kappa shape index (κ2) is 6.90. The van der Waals surface area contributed by atoms with Crippen molar-refractivity contribution in [3.63, 3.8) is 0 Å². The van der Waals surface area contributed by atoms with E-state index in [1.165, 1.54) is 4.88 Å². The summed E-state index contributed by atoms with van der Waals surface area (Å²) in [6, 6.07) is 5.80. The molecule has 2 aromatic rings. The topological polar surface area (TPSA) is 27.7 Å². The van der Waals surface area contributed by atoms with Gasteiger partial charge in [0.05, 0.1) is 26.7 Å². The SMILES string of the molecule is COc1cc(C(Cl)c2cc(Br)c(C)s2)cc(OC)c1OC. The second-order valence-electron chi connectivity index (χ2n) is 4.37. The standard InChI is InChI=1S/C15H16BrClO3S/c1-8-10(16)7-13(21-8)14(17)9-5-11(18-2)15(20-4)12(6-9)19-3/h5-7,14H,1-4H3. The molecule has 0 aliphatic rings. The van der Waals surface area contributed by atoms with E-state index in [-0.39, 0.29) is 5.38 Å². The number of hydrogen-bond acceptors (Lipinski definition) is 4. The Labute approximate surface area is 141 Å². The third-order valence-electron chi connectivity index (χ3n) is 3.11. The molecule has 1 aromatic heterocycles. The number of hydrogen-bond donors (Lipinski definition) is 0. The van der Waals surface area contributed by atoms with Gasteiger partial charge in [-0.25, -0.2) is 0 Å².